The highest BCUT2D eigenvalue weighted by Gasteiger charge is 2.54. The molecule has 0 saturated heterocycles. The van der Waals surface area contributed by atoms with Crippen molar-refractivity contribution in [1.29, 1.82) is 0 Å². The summed E-state index contributed by atoms with van der Waals surface area (Å²) in [4.78, 5) is 12.1. The van der Waals surface area contributed by atoms with Crippen molar-refractivity contribution in [3.8, 4) is 11.1 Å². The molecular weight excluding hydrogens is 352 g/mol. The SMILES string of the molecule is CCOC(=O)CC1(S(N)(=O)=O)c2cc(F)ccc2-c2ccc(F)cc21. The van der Waals surface area contributed by atoms with Crippen molar-refractivity contribution in [2.75, 3.05) is 6.61 Å². The monoisotopic (exact) mass is 367 g/mol. The number of sulfonamides is 1. The maximum absolute atomic E-state index is 13.9. The Morgan fingerprint density at radius 3 is 1.96 bits per heavy atom. The number of carbonyl (C=O) groups excluding carboxylic acids is 1. The van der Waals surface area contributed by atoms with Crippen LogP contribution in [0.15, 0.2) is 36.4 Å². The number of rotatable bonds is 4. The van der Waals surface area contributed by atoms with Crippen LogP contribution in [0, 0.1) is 11.6 Å². The summed E-state index contributed by atoms with van der Waals surface area (Å²) in [6.45, 7) is 1.60. The molecule has 25 heavy (non-hydrogen) atoms. The highest BCUT2D eigenvalue weighted by molar-refractivity contribution is 7.90. The van der Waals surface area contributed by atoms with E-state index in [4.69, 9.17) is 9.88 Å². The van der Waals surface area contributed by atoms with E-state index in [1.165, 1.54) is 12.1 Å². The van der Waals surface area contributed by atoms with Gasteiger partial charge in [0, 0.05) is 0 Å². The summed E-state index contributed by atoms with van der Waals surface area (Å²) in [5, 5.41) is 5.47. The molecule has 132 valence electrons. The van der Waals surface area contributed by atoms with Gasteiger partial charge in [-0.25, -0.2) is 22.3 Å². The van der Waals surface area contributed by atoms with Crippen molar-refractivity contribution in [3.05, 3.63) is 59.2 Å². The molecule has 2 N–H and O–H groups in total. The average Bonchev–Trinajstić information content (AvgIpc) is 2.77. The largest absolute Gasteiger partial charge is 0.466 e. The molecule has 2 aromatic carbocycles. The van der Waals surface area contributed by atoms with E-state index in [-0.39, 0.29) is 17.7 Å². The maximum atomic E-state index is 13.9. The number of carbonyl (C=O) groups is 1. The van der Waals surface area contributed by atoms with Gasteiger partial charge in [0.15, 0.2) is 0 Å². The molecule has 1 aliphatic carbocycles. The number of ether oxygens (including phenoxy) is 1. The molecule has 0 atom stereocenters. The molecule has 2 aromatic rings. The van der Waals surface area contributed by atoms with Crippen LogP contribution in [0.25, 0.3) is 11.1 Å². The quantitative estimate of drug-likeness (QED) is 0.841. The molecule has 0 heterocycles. The summed E-state index contributed by atoms with van der Waals surface area (Å²) in [5.41, 5.74) is 0.775. The Morgan fingerprint density at radius 1 is 1.08 bits per heavy atom. The highest BCUT2D eigenvalue weighted by atomic mass is 32.2. The van der Waals surface area contributed by atoms with Crippen LogP contribution in [0.5, 0.6) is 0 Å². The van der Waals surface area contributed by atoms with Crippen LogP contribution in [0.1, 0.15) is 24.5 Å². The Morgan fingerprint density at radius 2 is 1.56 bits per heavy atom. The molecule has 8 heteroatoms. The van der Waals surface area contributed by atoms with Crippen molar-refractivity contribution < 1.29 is 26.7 Å². The van der Waals surface area contributed by atoms with Gasteiger partial charge >= 0.3 is 5.97 Å². The number of halogens is 2. The number of primary sulfonamides is 1. The van der Waals surface area contributed by atoms with E-state index in [9.17, 15) is 22.0 Å². The standard InChI is InChI=1S/C17H15F2NO4S/c1-2-24-16(21)9-17(25(20,22)23)14-7-10(18)3-5-12(14)13-6-4-11(19)8-15(13)17/h3-8H,2,9H2,1H3,(H2,20,22,23). The van der Waals surface area contributed by atoms with Crippen molar-refractivity contribution in [2.24, 2.45) is 5.14 Å². The number of benzene rings is 2. The van der Waals surface area contributed by atoms with Crippen LogP contribution in [-0.2, 0) is 24.3 Å². The lowest BCUT2D eigenvalue weighted by molar-refractivity contribution is -0.143. The van der Waals surface area contributed by atoms with Gasteiger partial charge in [-0.2, -0.15) is 0 Å². The Labute approximate surface area is 143 Å². The molecule has 0 spiro atoms. The van der Waals surface area contributed by atoms with Gasteiger partial charge in [-0.15, -0.1) is 0 Å². The number of hydrogen-bond donors (Lipinski definition) is 1. The Balaban J connectivity index is 2.39. The lowest BCUT2D eigenvalue weighted by Gasteiger charge is -2.28. The van der Waals surface area contributed by atoms with Crippen molar-refractivity contribution in [2.45, 2.75) is 18.1 Å². The fraction of sp³-hybridized carbons (Fsp3) is 0.235. The third-order valence-electron chi connectivity index (χ3n) is 4.31. The van der Waals surface area contributed by atoms with Gasteiger partial charge < -0.3 is 4.74 Å². The van der Waals surface area contributed by atoms with Crippen LogP contribution in [0.3, 0.4) is 0 Å². The first-order chi connectivity index (χ1) is 11.7. The number of fused-ring (bicyclic) bond motifs is 3. The summed E-state index contributed by atoms with van der Waals surface area (Å²) in [5.74, 6) is -2.21. The maximum Gasteiger partial charge on any atom is 0.308 e. The second-order valence-electron chi connectivity index (χ2n) is 5.73. The van der Waals surface area contributed by atoms with E-state index < -0.39 is 38.8 Å². The molecule has 0 unspecified atom stereocenters. The van der Waals surface area contributed by atoms with Gasteiger partial charge in [-0.1, -0.05) is 12.1 Å². The van der Waals surface area contributed by atoms with E-state index in [2.05, 4.69) is 0 Å². The minimum absolute atomic E-state index is 0.00338. The lowest BCUT2D eigenvalue weighted by atomic mass is 9.92. The number of nitrogens with two attached hydrogens (primary N) is 1. The van der Waals surface area contributed by atoms with Crippen molar-refractivity contribution in [1.82, 2.24) is 0 Å². The smallest absolute Gasteiger partial charge is 0.308 e. The molecule has 0 amide bonds. The molecule has 0 bridgehead atoms. The second kappa shape index (κ2) is 5.89. The molecule has 0 aliphatic heterocycles. The zero-order valence-electron chi connectivity index (χ0n) is 13.3. The second-order valence-corrected chi connectivity index (χ2v) is 7.52. The predicted octanol–water partition coefficient (Wildman–Crippen LogP) is 2.43. The van der Waals surface area contributed by atoms with E-state index in [0.717, 1.165) is 24.3 Å². The van der Waals surface area contributed by atoms with Crippen LogP contribution in [0.4, 0.5) is 8.78 Å². The van der Waals surface area contributed by atoms with Crippen LogP contribution in [0.2, 0.25) is 0 Å². The molecule has 5 nitrogen and oxygen atoms in total. The Hall–Kier alpha value is -2.32. The van der Waals surface area contributed by atoms with Crippen LogP contribution < -0.4 is 5.14 Å². The fourth-order valence-electron chi connectivity index (χ4n) is 3.33. The molecular formula is C17H15F2NO4S. The van der Waals surface area contributed by atoms with E-state index in [0.29, 0.717) is 11.1 Å². The predicted molar refractivity (Wildman–Crippen MR) is 86.9 cm³/mol. The number of esters is 1. The first kappa shape index (κ1) is 17.5. The summed E-state index contributed by atoms with van der Waals surface area (Å²) in [6, 6.07) is 7.12. The van der Waals surface area contributed by atoms with Crippen molar-refractivity contribution in [3.63, 3.8) is 0 Å². The van der Waals surface area contributed by atoms with Gasteiger partial charge in [-0.05, 0) is 53.4 Å². The van der Waals surface area contributed by atoms with Gasteiger partial charge in [0.2, 0.25) is 10.0 Å². The van der Waals surface area contributed by atoms with Gasteiger partial charge in [0.25, 0.3) is 0 Å². The summed E-state index contributed by atoms with van der Waals surface area (Å²) >= 11 is 0. The zero-order valence-corrected chi connectivity index (χ0v) is 14.1. The lowest BCUT2D eigenvalue weighted by Crippen LogP contribution is -2.42. The summed E-state index contributed by atoms with van der Waals surface area (Å²) in [7, 11) is -4.47. The molecule has 3 rings (SSSR count). The summed E-state index contributed by atoms with van der Waals surface area (Å²) < 4.78 is 55.6. The Bertz CT molecular complexity index is 921. The Kier molecular flexibility index (Phi) is 4.12. The van der Waals surface area contributed by atoms with E-state index in [1.807, 2.05) is 0 Å². The highest BCUT2D eigenvalue weighted by Crippen LogP contribution is 2.53. The normalized spacial score (nSPS) is 14.7. The van der Waals surface area contributed by atoms with E-state index in [1.54, 1.807) is 6.92 Å². The average molecular weight is 367 g/mol. The van der Waals surface area contributed by atoms with Crippen molar-refractivity contribution >= 4 is 16.0 Å². The zero-order chi connectivity index (χ0) is 18.4. The minimum atomic E-state index is -4.47. The molecule has 0 saturated carbocycles. The minimum Gasteiger partial charge on any atom is -0.466 e. The van der Waals surface area contributed by atoms with E-state index >= 15 is 0 Å². The molecule has 0 fully saturated rings. The number of hydrogen-bond acceptors (Lipinski definition) is 4. The van der Waals surface area contributed by atoms with Crippen LogP contribution in [-0.4, -0.2) is 21.0 Å². The van der Waals surface area contributed by atoms with Gasteiger partial charge in [-0.3, -0.25) is 4.79 Å². The third-order valence-corrected chi connectivity index (χ3v) is 5.86. The summed E-state index contributed by atoms with van der Waals surface area (Å²) in [6.07, 6.45) is -0.674. The first-order valence-electron chi connectivity index (χ1n) is 7.49. The topological polar surface area (TPSA) is 86.5 Å². The van der Waals surface area contributed by atoms with Gasteiger partial charge in [0.1, 0.15) is 16.4 Å². The van der Waals surface area contributed by atoms with Crippen LogP contribution >= 0.6 is 0 Å². The van der Waals surface area contributed by atoms with Gasteiger partial charge in [0.05, 0.1) is 13.0 Å². The molecule has 1 aliphatic rings. The molecule has 0 aromatic heterocycles. The first-order valence-corrected chi connectivity index (χ1v) is 9.03. The fourth-order valence-corrected chi connectivity index (χ4v) is 4.60. The molecule has 0 radical (unpaired) electrons. The third kappa shape index (κ3) is 2.61.